The normalized spacial score (nSPS) is 20.3. The molecular weight excluding hydrogens is 118 g/mol. The molecule has 9 heavy (non-hydrogen) atoms. The Morgan fingerprint density at radius 1 is 1.33 bits per heavy atom. The predicted octanol–water partition coefficient (Wildman–Crippen LogP) is -0.267. The molecule has 0 aliphatic carbocycles. The summed E-state index contributed by atoms with van der Waals surface area (Å²) >= 11 is 0. The van der Waals surface area contributed by atoms with Crippen molar-refractivity contribution in [2.45, 2.75) is 18.9 Å². The topological polar surface area (TPSA) is 55.5 Å². The Labute approximate surface area is 55.8 Å². The molecule has 1 saturated heterocycles. The smallest absolute Gasteiger partial charge is 0.0480 e. The van der Waals surface area contributed by atoms with Gasteiger partial charge in [0, 0.05) is 26.4 Å². The first kappa shape index (κ1) is 8.88. The van der Waals surface area contributed by atoms with Crippen LogP contribution in [0.4, 0.5) is 0 Å². The van der Waals surface area contributed by atoms with E-state index < -0.39 is 0 Å². The van der Waals surface area contributed by atoms with E-state index in [2.05, 4.69) is 0 Å². The first-order valence-electron chi connectivity index (χ1n) is 3.17. The van der Waals surface area contributed by atoms with Crippen LogP contribution < -0.4 is 5.73 Å². The Morgan fingerprint density at radius 3 is 2.00 bits per heavy atom. The van der Waals surface area contributed by atoms with Crippen molar-refractivity contribution in [1.29, 1.82) is 0 Å². The second-order valence-electron chi connectivity index (χ2n) is 1.95. The Kier molecular flexibility index (Phi) is 5.93. The minimum absolute atomic E-state index is 0.411. The van der Waals surface area contributed by atoms with Gasteiger partial charge in [-0.05, 0) is 12.8 Å². The standard InChI is InChI=1S/C5H11NO.CH4O/c6-5-1-3-7-4-2-5;1-2/h5H,1-4,6H2;2H,1H3. The number of hydrogen-bond donors (Lipinski definition) is 2. The van der Waals surface area contributed by atoms with Gasteiger partial charge in [0.05, 0.1) is 0 Å². The fraction of sp³-hybridized carbons (Fsp3) is 1.00. The molecule has 0 atom stereocenters. The molecule has 0 radical (unpaired) electrons. The maximum atomic E-state index is 7.00. The fourth-order valence-electron chi connectivity index (χ4n) is 0.716. The SMILES string of the molecule is CO.NC1CCOCC1. The molecule has 0 bridgehead atoms. The predicted molar refractivity (Wildman–Crippen MR) is 36.2 cm³/mol. The zero-order valence-corrected chi connectivity index (χ0v) is 5.84. The van der Waals surface area contributed by atoms with Crippen molar-refractivity contribution in [3.05, 3.63) is 0 Å². The molecule has 3 heteroatoms. The zero-order chi connectivity index (χ0) is 7.11. The highest BCUT2D eigenvalue weighted by atomic mass is 16.5. The largest absolute Gasteiger partial charge is 0.400 e. The van der Waals surface area contributed by atoms with Gasteiger partial charge in [-0.1, -0.05) is 0 Å². The molecule has 0 aromatic rings. The lowest BCUT2D eigenvalue weighted by molar-refractivity contribution is 0.0866. The summed E-state index contributed by atoms with van der Waals surface area (Å²) in [7, 11) is 1.00. The molecule has 0 aromatic heterocycles. The fourth-order valence-corrected chi connectivity index (χ4v) is 0.716. The lowest BCUT2D eigenvalue weighted by atomic mass is 10.1. The van der Waals surface area contributed by atoms with Crippen LogP contribution in [-0.2, 0) is 4.74 Å². The Bertz CT molecular complexity index is 53.0. The maximum Gasteiger partial charge on any atom is 0.0480 e. The molecule has 1 rings (SSSR count). The molecule has 56 valence electrons. The third-order valence-corrected chi connectivity index (χ3v) is 1.27. The summed E-state index contributed by atoms with van der Waals surface area (Å²) in [6.07, 6.45) is 2.08. The first-order chi connectivity index (χ1) is 4.39. The first-order valence-corrected chi connectivity index (χ1v) is 3.17. The number of aliphatic hydroxyl groups excluding tert-OH is 1. The Morgan fingerprint density at radius 2 is 1.78 bits per heavy atom. The lowest BCUT2D eigenvalue weighted by Crippen LogP contribution is -2.28. The van der Waals surface area contributed by atoms with Gasteiger partial charge >= 0.3 is 0 Å². The van der Waals surface area contributed by atoms with Crippen LogP contribution in [0.1, 0.15) is 12.8 Å². The van der Waals surface area contributed by atoms with Gasteiger partial charge in [0.1, 0.15) is 0 Å². The minimum atomic E-state index is 0.411. The highest BCUT2D eigenvalue weighted by Crippen LogP contribution is 2.01. The van der Waals surface area contributed by atoms with Crippen molar-refractivity contribution in [3.63, 3.8) is 0 Å². The Hall–Kier alpha value is -0.120. The van der Waals surface area contributed by atoms with Crippen LogP contribution in [0, 0.1) is 0 Å². The lowest BCUT2D eigenvalue weighted by Gasteiger charge is -2.16. The molecule has 3 nitrogen and oxygen atoms in total. The van der Waals surface area contributed by atoms with Gasteiger partial charge in [0.15, 0.2) is 0 Å². The Balaban J connectivity index is 0.000000291. The monoisotopic (exact) mass is 133 g/mol. The number of hydrogen-bond acceptors (Lipinski definition) is 3. The summed E-state index contributed by atoms with van der Waals surface area (Å²) in [5.74, 6) is 0. The van der Waals surface area contributed by atoms with E-state index in [0.29, 0.717) is 6.04 Å². The molecule has 1 fully saturated rings. The van der Waals surface area contributed by atoms with Gasteiger partial charge in [-0.25, -0.2) is 0 Å². The molecule has 1 aliphatic heterocycles. The van der Waals surface area contributed by atoms with Gasteiger partial charge in [-0.3, -0.25) is 0 Å². The number of aliphatic hydroxyl groups is 1. The van der Waals surface area contributed by atoms with E-state index in [9.17, 15) is 0 Å². The van der Waals surface area contributed by atoms with Crippen molar-refractivity contribution in [1.82, 2.24) is 0 Å². The molecule has 0 spiro atoms. The van der Waals surface area contributed by atoms with E-state index in [1.54, 1.807) is 0 Å². The van der Waals surface area contributed by atoms with Gasteiger partial charge in [0.2, 0.25) is 0 Å². The average Bonchev–Trinajstić information content (AvgIpc) is 1.94. The second-order valence-corrected chi connectivity index (χ2v) is 1.95. The molecular formula is C6H15NO2. The minimum Gasteiger partial charge on any atom is -0.400 e. The van der Waals surface area contributed by atoms with E-state index >= 15 is 0 Å². The highest BCUT2D eigenvalue weighted by molar-refractivity contribution is 4.63. The van der Waals surface area contributed by atoms with Crippen LogP contribution in [0.15, 0.2) is 0 Å². The van der Waals surface area contributed by atoms with Crippen molar-refractivity contribution in [3.8, 4) is 0 Å². The molecule has 0 amide bonds. The third kappa shape index (κ3) is 4.39. The second kappa shape index (κ2) is 6.01. The van der Waals surface area contributed by atoms with Crippen LogP contribution in [0.25, 0.3) is 0 Å². The van der Waals surface area contributed by atoms with E-state index in [1.165, 1.54) is 0 Å². The molecule has 1 aliphatic rings. The average molecular weight is 133 g/mol. The summed E-state index contributed by atoms with van der Waals surface area (Å²) in [6.45, 7) is 1.72. The van der Waals surface area contributed by atoms with E-state index in [-0.39, 0.29) is 0 Å². The summed E-state index contributed by atoms with van der Waals surface area (Å²) in [5, 5.41) is 7.00. The molecule has 3 N–H and O–H groups in total. The van der Waals surface area contributed by atoms with Crippen LogP contribution >= 0.6 is 0 Å². The molecule has 0 unspecified atom stereocenters. The highest BCUT2D eigenvalue weighted by Gasteiger charge is 2.06. The van der Waals surface area contributed by atoms with Gasteiger partial charge < -0.3 is 15.6 Å². The third-order valence-electron chi connectivity index (χ3n) is 1.27. The van der Waals surface area contributed by atoms with E-state index in [0.717, 1.165) is 33.2 Å². The van der Waals surface area contributed by atoms with Crippen LogP contribution in [-0.4, -0.2) is 31.5 Å². The van der Waals surface area contributed by atoms with Crippen molar-refractivity contribution in [2.24, 2.45) is 5.73 Å². The molecule has 0 aromatic carbocycles. The summed E-state index contributed by atoms with van der Waals surface area (Å²) in [4.78, 5) is 0. The van der Waals surface area contributed by atoms with Gasteiger partial charge in [-0.15, -0.1) is 0 Å². The van der Waals surface area contributed by atoms with Crippen LogP contribution in [0.2, 0.25) is 0 Å². The molecule has 0 saturated carbocycles. The van der Waals surface area contributed by atoms with Crippen molar-refractivity contribution in [2.75, 3.05) is 20.3 Å². The van der Waals surface area contributed by atoms with Gasteiger partial charge in [-0.2, -0.15) is 0 Å². The molecule has 1 heterocycles. The van der Waals surface area contributed by atoms with Crippen molar-refractivity contribution < 1.29 is 9.84 Å². The van der Waals surface area contributed by atoms with Crippen LogP contribution in [0.3, 0.4) is 0 Å². The number of rotatable bonds is 0. The van der Waals surface area contributed by atoms with Crippen molar-refractivity contribution >= 4 is 0 Å². The maximum absolute atomic E-state index is 7.00. The van der Waals surface area contributed by atoms with Crippen LogP contribution in [0.5, 0.6) is 0 Å². The summed E-state index contributed by atoms with van der Waals surface area (Å²) < 4.78 is 5.06. The van der Waals surface area contributed by atoms with Gasteiger partial charge in [0.25, 0.3) is 0 Å². The summed E-state index contributed by atoms with van der Waals surface area (Å²) in [5.41, 5.74) is 5.55. The zero-order valence-electron chi connectivity index (χ0n) is 5.84. The quantitative estimate of drug-likeness (QED) is 0.478. The number of nitrogens with two attached hydrogens (primary N) is 1. The van der Waals surface area contributed by atoms with E-state index in [4.69, 9.17) is 15.6 Å². The van der Waals surface area contributed by atoms with E-state index in [1.807, 2.05) is 0 Å². The number of ether oxygens (including phenoxy) is 1. The summed E-state index contributed by atoms with van der Waals surface area (Å²) in [6, 6.07) is 0.411.